The second-order valence-corrected chi connectivity index (χ2v) is 19.3. The quantitative estimate of drug-likeness (QED) is 0.347. The Morgan fingerprint density at radius 3 is 2.33 bits per heavy atom. The molecule has 1 amide bonds. The summed E-state index contributed by atoms with van der Waals surface area (Å²) in [5.74, 6) is 2.43. The number of methoxy groups -OCH3 is 1. The first-order valence-electron chi connectivity index (χ1n) is 15.9. The van der Waals surface area contributed by atoms with Crippen LogP contribution in [-0.4, -0.2) is 76.9 Å². The summed E-state index contributed by atoms with van der Waals surface area (Å²) in [7, 11) is 1.59. The van der Waals surface area contributed by atoms with Crippen molar-refractivity contribution in [1.29, 1.82) is 0 Å². The zero-order valence-corrected chi connectivity index (χ0v) is 28.7. The molecule has 3 aliphatic rings. The maximum absolute atomic E-state index is 13.1. The lowest BCUT2D eigenvalue weighted by Crippen LogP contribution is -2.59. The van der Waals surface area contributed by atoms with Crippen molar-refractivity contribution in [1.82, 2.24) is 24.6 Å². The summed E-state index contributed by atoms with van der Waals surface area (Å²) in [4.78, 5) is 26.9. The summed E-state index contributed by atoms with van der Waals surface area (Å²) in [5, 5.41) is 8.42. The van der Waals surface area contributed by atoms with Crippen LogP contribution in [0.5, 0.6) is 5.88 Å². The van der Waals surface area contributed by atoms with E-state index in [-0.39, 0.29) is 29.9 Å². The molecule has 5 heterocycles. The predicted octanol–water partition coefficient (Wildman–Crippen LogP) is 6.58. The Hall–Kier alpha value is -2.86. The van der Waals surface area contributed by atoms with Gasteiger partial charge >= 0.3 is 6.09 Å². The van der Waals surface area contributed by atoms with Crippen LogP contribution in [0.2, 0.25) is 11.1 Å². The third-order valence-corrected chi connectivity index (χ3v) is 15.5. The summed E-state index contributed by atoms with van der Waals surface area (Å²) in [5.41, 5.74) is 1.75. The highest BCUT2D eigenvalue weighted by Gasteiger charge is 2.51. The van der Waals surface area contributed by atoms with Gasteiger partial charge in [-0.2, -0.15) is 15.1 Å². The van der Waals surface area contributed by atoms with Gasteiger partial charge in [0, 0.05) is 37.3 Å². The molecular formula is C31H51N7O4Si. The maximum atomic E-state index is 13.1. The van der Waals surface area contributed by atoms with E-state index < -0.39 is 13.9 Å². The number of nitrogens with one attached hydrogen (secondary N) is 1. The third-order valence-electron chi connectivity index (χ3n) is 9.68. The molecule has 4 atom stereocenters. The van der Waals surface area contributed by atoms with Crippen molar-refractivity contribution >= 4 is 32.0 Å². The molecule has 2 aromatic rings. The van der Waals surface area contributed by atoms with Gasteiger partial charge in [0.25, 0.3) is 0 Å². The summed E-state index contributed by atoms with van der Waals surface area (Å²) in [6.45, 7) is 17.8. The number of hydrogen-bond acceptors (Lipinski definition) is 9. The first kappa shape index (κ1) is 31.6. The number of anilines is 3. The average molecular weight is 614 g/mol. The molecule has 0 saturated carbocycles. The zero-order chi connectivity index (χ0) is 31.3. The molecule has 5 rings (SSSR count). The molecule has 0 radical (unpaired) electrons. The van der Waals surface area contributed by atoms with E-state index in [4.69, 9.17) is 29.0 Å². The molecule has 2 unspecified atom stereocenters. The molecule has 2 saturated heterocycles. The number of carbonyl (C=O) groups excluding carboxylic acids is 1. The van der Waals surface area contributed by atoms with Crippen LogP contribution in [0.3, 0.4) is 0 Å². The van der Waals surface area contributed by atoms with Gasteiger partial charge in [-0.3, -0.25) is 4.68 Å². The second kappa shape index (κ2) is 11.9. The van der Waals surface area contributed by atoms with Gasteiger partial charge in [0.2, 0.25) is 20.1 Å². The molecule has 3 aliphatic heterocycles. The van der Waals surface area contributed by atoms with E-state index in [1.54, 1.807) is 13.2 Å². The zero-order valence-electron chi connectivity index (χ0n) is 27.7. The van der Waals surface area contributed by atoms with Crippen LogP contribution in [0.25, 0.3) is 0 Å². The van der Waals surface area contributed by atoms with Crippen LogP contribution >= 0.6 is 0 Å². The molecule has 2 bridgehead atoms. The number of rotatable bonds is 7. The van der Waals surface area contributed by atoms with Gasteiger partial charge in [-0.15, -0.1) is 0 Å². The van der Waals surface area contributed by atoms with Gasteiger partial charge in [0.1, 0.15) is 11.4 Å². The maximum Gasteiger partial charge on any atom is 0.410 e. The van der Waals surface area contributed by atoms with E-state index in [0.29, 0.717) is 35.3 Å². The van der Waals surface area contributed by atoms with Crippen molar-refractivity contribution in [2.24, 2.45) is 0 Å². The summed E-state index contributed by atoms with van der Waals surface area (Å²) >= 11 is 0. The fourth-order valence-corrected chi connectivity index (χ4v) is 12.9. The van der Waals surface area contributed by atoms with Gasteiger partial charge in [0.15, 0.2) is 5.82 Å². The Labute approximate surface area is 257 Å². The van der Waals surface area contributed by atoms with E-state index in [1.165, 1.54) is 0 Å². The molecule has 2 aromatic heterocycles. The van der Waals surface area contributed by atoms with Crippen LogP contribution in [-0.2, 0) is 15.8 Å². The first-order valence-corrected chi connectivity index (χ1v) is 18.0. The Morgan fingerprint density at radius 1 is 1.09 bits per heavy atom. The van der Waals surface area contributed by atoms with E-state index in [9.17, 15) is 4.79 Å². The second-order valence-electron chi connectivity index (χ2n) is 14.2. The average Bonchev–Trinajstić information content (AvgIpc) is 3.33. The van der Waals surface area contributed by atoms with Gasteiger partial charge in [-0.1, -0.05) is 27.7 Å². The fourth-order valence-electron chi connectivity index (χ4n) is 7.73. The van der Waals surface area contributed by atoms with E-state index in [0.717, 1.165) is 43.6 Å². The first-order chi connectivity index (χ1) is 20.2. The third kappa shape index (κ3) is 6.09. The molecule has 1 N–H and O–H groups in total. The number of carbonyl (C=O) groups is 1. The lowest BCUT2D eigenvalue weighted by Gasteiger charge is -2.50. The summed E-state index contributed by atoms with van der Waals surface area (Å²) in [6.07, 6.45) is 4.59. The van der Waals surface area contributed by atoms with Crippen molar-refractivity contribution in [3.8, 4) is 5.88 Å². The Balaban J connectivity index is 1.35. The molecule has 238 valence electrons. The summed E-state index contributed by atoms with van der Waals surface area (Å²) < 4.78 is 20.2. The molecule has 0 aromatic carbocycles. The molecule has 2 fully saturated rings. The smallest absolute Gasteiger partial charge is 0.410 e. The molecule has 43 heavy (non-hydrogen) atoms. The van der Waals surface area contributed by atoms with Crippen LogP contribution in [0.4, 0.5) is 22.4 Å². The number of hydrogen-bond donors (Lipinski definition) is 1. The van der Waals surface area contributed by atoms with E-state index in [2.05, 4.69) is 55.6 Å². The minimum atomic E-state index is -2.07. The number of fused-ring (bicyclic) bond motifs is 3. The SMILES string of the molecule is COc1cc(Nc2cc3n(n2)C(C)[Si](C(C)C)(C(C)C)OC3)nc(N(C)C2C[C@H]3CCC[C@@H](C2)N3C(=O)OC(C)(C)C)n1. The highest BCUT2D eigenvalue weighted by molar-refractivity contribution is 6.77. The monoisotopic (exact) mass is 613 g/mol. The predicted molar refractivity (Wildman–Crippen MR) is 170 cm³/mol. The van der Waals surface area contributed by atoms with Crippen molar-refractivity contribution in [2.75, 3.05) is 24.4 Å². The lowest BCUT2D eigenvalue weighted by atomic mass is 9.81. The van der Waals surface area contributed by atoms with Crippen LogP contribution in [0.15, 0.2) is 12.1 Å². The largest absolute Gasteiger partial charge is 0.481 e. The Bertz CT molecular complexity index is 1290. The summed E-state index contributed by atoms with van der Waals surface area (Å²) in [6, 6.07) is 4.34. The lowest BCUT2D eigenvalue weighted by molar-refractivity contribution is -0.0214. The molecular weight excluding hydrogens is 562 g/mol. The standard InChI is InChI=1S/C31H51N7O4Si/c1-19(2)43(20(3)4)21(5)38-25(18-41-43)16-27(35-38)32-26-17-28(40-10)34-29(33-26)36(9)24-14-22-12-11-13-23(15-24)37(22)30(39)42-31(6,7)8/h16-17,19-24H,11-15,18H2,1-10H3,(H,32,33,34,35)/t21?,22-,23+,24?. The Kier molecular flexibility index (Phi) is 8.74. The number of piperidine rings is 2. The topological polar surface area (TPSA) is 107 Å². The van der Waals surface area contributed by atoms with Crippen molar-refractivity contribution in [3.63, 3.8) is 0 Å². The number of nitrogens with zero attached hydrogens (tertiary/aromatic N) is 6. The van der Waals surface area contributed by atoms with Crippen LogP contribution < -0.4 is 15.0 Å². The van der Waals surface area contributed by atoms with Crippen molar-refractivity contribution in [3.05, 3.63) is 17.8 Å². The number of ether oxygens (including phenoxy) is 2. The van der Waals surface area contributed by atoms with Gasteiger partial charge in [-0.25, -0.2) is 4.79 Å². The van der Waals surface area contributed by atoms with E-state index in [1.807, 2.05) is 32.7 Å². The van der Waals surface area contributed by atoms with Gasteiger partial charge in [0.05, 0.1) is 25.1 Å². The number of aromatic nitrogens is 4. The molecule has 11 nitrogen and oxygen atoms in total. The minimum absolute atomic E-state index is 0.145. The van der Waals surface area contributed by atoms with E-state index >= 15 is 0 Å². The van der Waals surface area contributed by atoms with Crippen molar-refractivity contribution < 1.29 is 18.7 Å². The molecule has 0 aliphatic carbocycles. The van der Waals surface area contributed by atoms with Crippen LogP contribution in [0.1, 0.15) is 98.9 Å². The molecule has 0 spiro atoms. The van der Waals surface area contributed by atoms with Gasteiger partial charge < -0.3 is 29.0 Å². The van der Waals surface area contributed by atoms with Crippen LogP contribution in [0, 0.1) is 0 Å². The highest BCUT2D eigenvalue weighted by atomic mass is 28.4. The van der Waals surface area contributed by atoms with Crippen molar-refractivity contribution in [2.45, 2.75) is 135 Å². The molecule has 12 heteroatoms. The fraction of sp³-hybridized carbons (Fsp3) is 0.742. The number of amides is 1. The normalized spacial score (nSPS) is 25.0. The minimum Gasteiger partial charge on any atom is -0.481 e. The highest BCUT2D eigenvalue weighted by Crippen LogP contribution is 2.45. The Morgan fingerprint density at radius 2 is 1.74 bits per heavy atom. The van der Waals surface area contributed by atoms with Gasteiger partial charge in [-0.05, 0) is 70.9 Å².